The van der Waals surface area contributed by atoms with E-state index >= 15 is 0 Å². The Balaban J connectivity index is 2.56. The van der Waals surface area contributed by atoms with Crippen molar-refractivity contribution >= 4 is 46.9 Å². The van der Waals surface area contributed by atoms with E-state index in [2.05, 4.69) is 45.8 Å². The molecule has 1 aromatic carbocycles. The van der Waals surface area contributed by atoms with Crippen LogP contribution in [0.5, 0.6) is 0 Å². The molecule has 3 nitrogen and oxygen atoms in total. The van der Waals surface area contributed by atoms with Gasteiger partial charge in [0.1, 0.15) is 0 Å². The van der Waals surface area contributed by atoms with E-state index in [1.807, 2.05) is 31.6 Å². The fraction of sp³-hybridized carbons (Fsp3) is 0.467. The normalized spacial score (nSPS) is 12.9. The van der Waals surface area contributed by atoms with Gasteiger partial charge in [0, 0.05) is 16.1 Å². The Hall–Kier alpha value is -0.433. The summed E-state index contributed by atoms with van der Waals surface area (Å²) in [5.41, 5.74) is 2.15. The highest BCUT2D eigenvalue weighted by atomic mass is 79.9. The van der Waals surface area contributed by atoms with E-state index < -0.39 is 8.32 Å². The summed E-state index contributed by atoms with van der Waals surface area (Å²) < 4.78 is 1.01. The summed E-state index contributed by atoms with van der Waals surface area (Å²) in [7, 11) is -2.25. The first-order valence-corrected chi connectivity index (χ1v) is 11.8. The second-order valence-corrected chi connectivity index (χ2v) is 12.5. The topological polar surface area (TPSA) is 46.0 Å². The fourth-order valence-corrected chi connectivity index (χ4v) is 3.45. The predicted molar refractivity (Wildman–Crippen MR) is 96.5 cm³/mol. The fourth-order valence-electron chi connectivity index (χ4n) is 2.06. The highest BCUT2D eigenvalue weighted by Crippen LogP contribution is 2.40. The average molecular weight is 385 g/mol. The minimum atomic E-state index is -2.25. The first-order valence-electron chi connectivity index (χ1n) is 6.86. The van der Waals surface area contributed by atoms with Crippen LogP contribution in [0.2, 0.25) is 18.1 Å². The highest BCUT2D eigenvalue weighted by Gasteiger charge is 2.38. The van der Waals surface area contributed by atoms with E-state index in [0.29, 0.717) is 0 Å². The van der Waals surface area contributed by atoms with Gasteiger partial charge in [-0.3, -0.25) is 0 Å². The lowest BCUT2D eigenvalue weighted by atomic mass is 9.99. The zero-order valence-corrected chi connectivity index (χ0v) is 16.5. The molecule has 21 heavy (non-hydrogen) atoms. The molecular formula is C15H21BrN2OSSi. The van der Waals surface area contributed by atoms with E-state index in [9.17, 15) is 4.80 Å². The third-order valence-corrected chi connectivity index (χ3v) is 8.97. The van der Waals surface area contributed by atoms with Crippen LogP contribution in [0.25, 0.3) is 10.9 Å². The van der Waals surface area contributed by atoms with E-state index in [1.54, 1.807) is 11.8 Å². The van der Waals surface area contributed by atoms with E-state index in [0.717, 1.165) is 27.0 Å². The van der Waals surface area contributed by atoms with Crippen LogP contribution in [0.3, 0.4) is 0 Å². The van der Waals surface area contributed by atoms with Crippen molar-refractivity contribution in [2.75, 3.05) is 6.26 Å². The van der Waals surface area contributed by atoms with E-state index in [-0.39, 0.29) is 5.04 Å². The van der Waals surface area contributed by atoms with Gasteiger partial charge in [-0.05, 0) is 42.4 Å². The molecule has 0 amide bonds. The number of nitrogens with zero attached hydrogens (tertiary/aromatic N) is 2. The van der Waals surface area contributed by atoms with Crippen LogP contribution in [0, 0.1) is 0 Å². The molecule has 0 atom stereocenters. The smallest absolute Gasteiger partial charge is 0.188 e. The summed E-state index contributed by atoms with van der Waals surface area (Å²) in [4.78, 5) is 19.6. The molecule has 0 aliphatic rings. The summed E-state index contributed by atoms with van der Waals surface area (Å²) in [6, 6.07) is 4.15. The number of hydrogen-bond acceptors (Lipinski definition) is 4. The van der Waals surface area contributed by atoms with Gasteiger partial charge in [-0.2, -0.15) is 0 Å². The van der Waals surface area contributed by atoms with E-state index in [4.69, 9.17) is 0 Å². The SMILES string of the molecule is CSc1ncc2c(Br)ccc(CC(C)(C)[Si](C)(C)O)c2n1. The molecular weight excluding hydrogens is 364 g/mol. The first-order chi connectivity index (χ1) is 9.65. The third kappa shape index (κ3) is 3.49. The zero-order chi connectivity index (χ0) is 15.8. The lowest BCUT2D eigenvalue weighted by molar-refractivity contribution is 0.468. The molecule has 1 heterocycles. The Bertz CT molecular complexity index is 671. The van der Waals surface area contributed by atoms with Crippen molar-refractivity contribution < 1.29 is 4.80 Å². The van der Waals surface area contributed by atoms with Gasteiger partial charge in [-0.15, -0.1) is 0 Å². The molecule has 0 aliphatic carbocycles. The van der Waals surface area contributed by atoms with Crippen molar-refractivity contribution in [2.45, 2.75) is 43.6 Å². The number of fused-ring (bicyclic) bond motifs is 1. The second kappa shape index (κ2) is 5.99. The maximum atomic E-state index is 10.5. The van der Waals surface area contributed by atoms with Crippen LogP contribution >= 0.6 is 27.7 Å². The summed E-state index contributed by atoms with van der Waals surface area (Å²) in [5, 5.41) is 1.69. The minimum absolute atomic E-state index is 0.113. The number of aromatic nitrogens is 2. The monoisotopic (exact) mass is 384 g/mol. The van der Waals surface area contributed by atoms with Crippen LogP contribution in [0.4, 0.5) is 0 Å². The largest absolute Gasteiger partial charge is 0.432 e. The average Bonchev–Trinajstić information content (AvgIpc) is 2.40. The summed E-state index contributed by atoms with van der Waals surface area (Å²) in [6.07, 6.45) is 4.67. The Labute approximate surface area is 139 Å². The van der Waals surface area contributed by atoms with Crippen LogP contribution in [0.1, 0.15) is 19.4 Å². The first kappa shape index (κ1) is 16.9. The van der Waals surface area contributed by atoms with Gasteiger partial charge in [0.2, 0.25) is 0 Å². The lowest BCUT2D eigenvalue weighted by Gasteiger charge is -2.35. The molecule has 1 aromatic heterocycles. The van der Waals surface area contributed by atoms with Crippen LogP contribution in [-0.4, -0.2) is 29.3 Å². The van der Waals surface area contributed by atoms with E-state index in [1.165, 1.54) is 5.56 Å². The van der Waals surface area contributed by atoms with Gasteiger partial charge >= 0.3 is 0 Å². The van der Waals surface area contributed by atoms with Gasteiger partial charge in [-0.25, -0.2) is 9.97 Å². The van der Waals surface area contributed by atoms with Gasteiger partial charge in [-0.1, -0.05) is 47.6 Å². The van der Waals surface area contributed by atoms with Gasteiger partial charge < -0.3 is 4.80 Å². The van der Waals surface area contributed by atoms with Crippen molar-refractivity contribution in [2.24, 2.45) is 0 Å². The highest BCUT2D eigenvalue weighted by molar-refractivity contribution is 9.10. The van der Waals surface area contributed by atoms with Crippen molar-refractivity contribution in [3.05, 3.63) is 28.4 Å². The quantitative estimate of drug-likeness (QED) is 0.473. The molecule has 0 unspecified atom stereocenters. The standard InChI is InChI=1S/C15H21BrN2OSSi/c1-15(2,21(4,5)19)8-10-6-7-12(16)11-9-17-14(20-3)18-13(10)11/h6-7,9,19H,8H2,1-5H3. The number of benzene rings is 1. The van der Waals surface area contributed by atoms with Crippen LogP contribution in [0.15, 0.2) is 28.0 Å². The van der Waals surface area contributed by atoms with Crippen LogP contribution in [-0.2, 0) is 6.42 Å². The second-order valence-electron chi connectivity index (χ2n) is 6.45. The summed E-state index contributed by atoms with van der Waals surface area (Å²) >= 11 is 5.11. The number of rotatable bonds is 4. The van der Waals surface area contributed by atoms with Crippen molar-refractivity contribution in [3.8, 4) is 0 Å². The molecule has 0 radical (unpaired) electrons. The number of thioether (sulfide) groups is 1. The number of halogens is 1. The predicted octanol–water partition coefficient (Wildman–Crippen LogP) is 4.63. The summed E-state index contributed by atoms with van der Waals surface area (Å²) in [5.74, 6) is 0. The molecule has 114 valence electrons. The minimum Gasteiger partial charge on any atom is -0.432 e. The molecule has 6 heteroatoms. The van der Waals surface area contributed by atoms with Crippen LogP contribution < -0.4 is 0 Å². The molecule has 0 saturated carbocycles. The van der Waals surface area contributed by atoms with Crippen molar-refractivity contribution in [1.29, 1.82) is 0 Å². The Morgan fingerprint density at radius 2 is 2.00 bits per heavy atom. The van der Waals surface area contributed by atoms with Gasteiger partial charge in [0.15, 0.2) is 13.5 Å². The zero-order valence-electron chi connectivity index (χ0n) is 13.1. The van der Waals surface area contributed by atoms with Crippen molar-refractivity contribution in [3.63, 3.8) is 0 Å². The summed E-state index contributed by atoms with van der Waals surface area (Å²) in [6.45, 7) is 8.28. The van der Waals surface area contributed by atoms with Crippen molar-refractivity contribution in [1.82, 2.24) is 9.97 Å². The maximum absolute atomic E-state index is 10.5. The van der Waals surface area contributed by atoms with Gasteiger partial charge in [0.25, 0.3) is 0 Å². The molecule has 1 N–H and O–H groups in total. The molecule has 0 spiro atoms. The Kier molecular flexibility index (Phi) is 4.83. The Morgan fingerprint density at radius 3 is 2.57 bits per heavy atom. The third-order valence-electron chi connectivity index (χ3n) is 4.23. The van der Waals surface area contributed by atoms with Gasteiger partial charge in [0.05, 0.1) is 5.52 Å². The molecule has 0 bridgehead atoms. The molecule has 0 aliphatic heterocycles. The molecule has 2 aromatic rings. The molecule has 0 saturated heterocycles. The maximum Gasteiger partial charge on any atom is 0.188 e. The number of hydrogen-bond donors (Lipinski definition) is 1. The lowest BCUT2D eigenvalue weighted by Crippen LogP contribution is -2.40. The molecule has 2 rings (SSSR count). The molecule has 0 fully saturated rings. The Morgan fingerprint density at radius 1 is 1.33 bits per heavy atom.